The van der Waals surface area contributed by atoms with Gasteiger partial charge in [0, 0.05) is 12.0 Å². The number of hydrogen-bond donors (Lipinski definition) is 3. The van der Waals surface area contributed by atoms with Crippen molar-refractivity contribution < 1.29 is 0 Å². The molecule has 0 saturated carbocycles. The molecule has 0 aliphatic heterocycles. The molecule has 0 amide bonds. The van der Waals surface area contributed by atoms with Gasteiger partial charge in [0.15, 0.2) is 0 Å². The zero-order valence-electron chi connectivity index (χ0n) is 11.7. The van der Waals surface area contributed by atoms with E-state index in [9.17, 15) is 0 Å². The average Bonchev–Trinajstić information content (AvgIpc) is 2.49. The van der Waals surface area contributed by atoms with Crippen LogP contribution in [0.2, 0.25) is 5.02 Å². The van der Waals surface area contributed by atoms with Crippen LogP contribution < -0.4 is 16.6 Å². The van der Waals surface area contributed by atoms with E-state index >= 15 is 0 Å². The topological polar surface area (TPSA) is 99.6 Å². The minimum Gasteiger partial charge on any atom is -0.339 e. The van der Waals surface area contributed by atoms with Crippen LogP contribution in [0, 0.1) is 11.3 Å². The molecule has 0 spiro atoms. The Bertz CT molecular complexity index is 692. The van der Waals surface area contributed by atoms with Gasteiger partial charge in [-0.2, -0.15) is 5.26 Å². The molecule has 0 fully saturated rings. The number of halogens is 1. The Morgan fingerprint density at radius 2 is 1.95 bits per heavy atom. The number of nitrogens with zero attached hydrogens (tertiary/aromatic N) is 3. The van der Waals surface area contributed by atoms with Gasteiger partial charge in [-0.3, -0.25) is 0 Å². The number of aromatic nitrogens is 2. The number of hydrazine groups is 1. The first-order valence-corrected chi connectivity index (χ1v) is 6.73. The van der Waals surface area contributed by atoms with Crippen molar-refractivity contribution in [3.63, 3.8) is 0 Å². The van der Waals surface area contributed by atoms with Crippen LogP contribution in [0.25, 0.3) is 0 Å². The highest BCUT2D eigenvalue weighted by Crippen LogP contribution is 2.27. The zero-order chi connectivity index (χ0) is 15.4. The number of nitrogen functional groups attached to an aromatic ring is 1. The van der Waals surface area contributed by atoms with Crippen molar-refractivity contribution in [1.82, 2.24) is 9.97 Å². The largest absolute Gasteiger partial charge is 0.339 e. The highest BCUT2D eigenvalue weighted by molar-refractivity contribution is 6.33. The summed E-state index contributed by atoms with van der Waals surface area (Å²) in [6, 6.07) is 8.71. The summed E-state index contributed by atoms with van der Waals surface area (Å²) in [4.78, 5) is 8.69. The number of nitrogens with two attached hydrogens (primary N) is 1. The lowest BCUT2D eigenvalue weighted by atomic mass is 10.2. The summed E-state index contributed by atoms with van der Waals surface area (Å²) in [5.74, 6) is 7.28. The minimum atomic E-state index is 0.153. The number of nitriles is 1. The van der Waals surface area contributed by atoms with Crippen molar-refractivity contribution in [3.05, 3.63) is 40.7 Å². The smallest absolute Gasteiger partial charge is 0.145 e. The van der Waals surface area contributed by atoms with Gasteiger partial charge in [0.25, 0.3) is 0 Å². The summed E-state index contributed by atoms with van der Waals surface area (Å²) >= 11 is 6.12. The van der Waals surface area contributed by atoms with Gasteiger partial charge in [-0.15, -0.1) is 0 Å². The van der Waals surface area contributed by atoms with Crippen LogP contribution in [0.1, 0.15) is 31.2 Å². The molecule has 0 bridgehead atoms. The summed E-state index contributed by atoms with van der Waals surface area (Å²) < 4.78 is 0. The number of rotatable bonds is 4. The summed E-state index contributed by atoms with van der Waals surface area (Å²) in [6.45, 7) is 3.98. The van der Waals surface area contributed by atoms with Crippen LogP contribution in [0.4, 0.5) is 17.3 Å². The molecule has 0 unspecified atom stereocenters. The predicted molar refractivity (Wildman–Crippen MR) is 83.4 cm³/mol. The van der Waals surface area contributed by atoms with Crippen LogP contribution in [0.3, 0.4) is 0 Å². The lowest BCUT2D eigenvalue weighted by molar-refractivity contribution is 0.777. The third-order valence-corrected chi connectivity index (χ3v) is 3.10. The standard InChI is InChI=1S/C14H15ClN6/c1-8(2)14-19-12(6-13(20-14)21-17)18-11-5-9(7-16)3-4-10(11)15/h3-6,8H,17H2,1-2H3,(H2,18,19,20,21). The van der Waals surface area contributed by atoms with Gasteiger partial charge in [-0.25, -0.2) is 15.8 Å². The van der Waals surface area contributed by atoms with Crippen LogP contribution in [0.15, 0.2) is 24.3 Å². The van der Waals surface area contributed by atoms with Gasteiger partial charge < -0.3 is 10.7 Å². The Morgan fingerprint density at radius 1 is 1.24 bits per heavy atom. The molecule has 2 rings (SSSR count). The Labute approximate surface area is 127 Å². The van der Waals surface area contributed by atoms with E-state index in [1.807, 2.05) is 13.8 Å². The molecule has 4 N–H and O–H groups in total. The van der Waals surface area contributed by atoms with Crippen LogP contribution in [-0.4, -0.2) is 9.97 Å². The van der Waals surface area contributed by atoms with E-state index in [1.54, 1.807) is 24.3 Å². The van der Waals surface area contributed by atoms with E-state index in [1.165, 1.54) is 0 Å². The van der Waals surface area contributed by atoms with E-state index in [-0.39, 0.29) is 5.92 Å². The SMILES string of the molecule is CC(C)c1nc(NN)cc(Nc2cc(C#N)ccc2Cl)n1. The van der Waals surface area contributed by atoms with E-state index in [0.29, 0.717) is 33.7 Å². The van der Waals surface area contributed by atoms with Crippen molar-refractivity contribution in [3.8, 4) is 6.07 Å². The second-order valence-corrected chi connectivity index (χ2v) is 5.13. The Balaban J connectivity index is 2.39. The van der Waals surface area contributed by atoms with E-state index < -0.39 is 0 Å². The Kier molecular flexibility index (Phi) is 4.58. The van der Waals surface area contributed by atoms with Crippen molar-refractivity contribution in [2.45, 2.75) is 19.8 Å². The van der Waals surface area contributed by atoms with Gasteiger partial charge in [-0.05, 0) is 18.2 Å². The molecule has 0 aliphatic carbocycles. The summed E-state index contributed by atoms with van der Waals surface area (Å²) in [6.07, 6.45) is 0. The van der Waals surface area contributed by atoms with Gasteiger partial charge in [0.1, 0.15) is 17.5 Å². The maximum atomic E-state index is 8.95. The van der Waals surface area contributed by atoms with Gasteiger partial charge in [0.2, 0.25) is 0 Å². The molecule has 0 radical (unpaired) electrons. The monoisotopic (exact) mass is 302 g/mol. The molecule has 6 nitrogen and oxygen atoms in total. The normalized spacial score (nSPS) is 10.3. The molecular weight excluding hydrogens is 288 g/mol. The Hall–Kier alpha value is -2.36. The van der Waals surface area contributed by atoms with E-state index in [0.717, 1.165) is 0 Å². The molecule has 0 aliphatic rings. The third-order valence-electron chi connectivity index (χ3n) is 2.77. The fourth-order valence-electron chi connectivity index (χ4n) is 1.69. The molecule has 0 atom stereocenters. The molecule has 1 heterocycles. The fraction of sp³-hybridized carbons (Fsp3) is 0.214. The molecule has 1 aromatic carbocycles. The maximum absolute atomic E-state index is 8.95. The van der Waals surface area contributed by atoms with E-state index in [4.69, 9.17) is 22.7 Å². The average molecular weight is 303 g/mol. The molecule has 21 heavy (non-hydrogen) atoms. The number of benzene rings is 1. The molecule has 0 saturated heterocycles. The van der Waals surface area contributed by atoms with E-state index in [2.05, 4.69) is 26.8 Å². The van der Waals surface area contributed by atoms with Gasteiger partial charge in [-0.1, -0.05) is 25.4 Å². The van der Waals surface area contributed by atoms with Gasteiger partial charge >= 0.3 is 0 Å². The molecule has 7 heteroatoms. The van der Waals surface area contributed by atoms with Crippen molar-refractivity contribution in [1.29, 1.82) is 5.26 Å². The number of nitrogens with one attached hydrogen (secondary N) is 2. The summed E-state index contributed by atoms with van der Waals surface area (Å²) in [7, 11) is 0. The first kappa shape index (κ1) is 15.0. The van der Waals surface area contributed by atoms with Gasteiger partial charge in [0.05, 0.1) is 22.3 Å². The molecular formula is C14H15ClN6. The highest BCUT2D eigenvalue weighted by Gasteiger charge is 2.09. The zero-order valence-corrected chi connectivity index (χ0v) is 12.4. The number of hydrogen-bond acceptors (Lipinski definition) is 6. The third kappa shape index (κ3) is 3.60. The fourth-order valence-corrected chi connectivity index (χ4v) is 1.86. The Morgan fingerprint density at radius 3 is 2.57 bits per heavy atom. The molecule has 1 aromatic heterocycles. The highest BCUT2D eigenvalue weighted by atomic mass is 35.5. The van der Waals surface area contributed by atoms with Crippen molar-refractivity contribution >= 4 is 28.9 Å². The van der Waals surface area contributed by atoms with Crippen LogP contribution >= 0.6 is 11.6 Å². The number of anilines is 3. The summed E-state index contributed by atoms with van der Waals surface area (Å²) in [5, 5.41) is 12.5. The predicted octanol–water partition coefficient (Wildman–Crippen LogP) is 3.15. The molecule has 2 aromatic rings. The first-order chi connectivity index (χ1) is 10.0. The van der Waals surface area contributed by atoms with Crippen LogP contribution in [0.5, 0.6) is 0 Å². The second kappa shape index (κ2) is 6.39. The summed E-state index contributed by atoms with van der Waals surface area (Å²) in [5.41, 5.74) is 3.62. The van der Waals surface area contributed by atoms with Crippen molar-refractivity contribution in [2.24, 2.45) is 5.84 Å². The first-order valence-electron chi connectivity index (χ1n) is 6.35. The molecule has 108 valence electrons. The maximum Gasteiger partial charge on any atom is 0.145 e. The van der Waals surface area contributed by atoms with Crippen LogP contribution in [-0.2, 0) is 0 Å². The second-order valence-electron chi connectivity index (χ2n) is 4.73. The lowest BCUT2D eigenvalue weighted by Gasteiger charge is -2.12. The minimum absolute atomic E-state index is 0.153. The lowest BCUT2D eigenvalue weighted by Crippen LogP contribution is -2.12. The quantitative estimate of drug-likeness (QED) is 0.592. The van der Waals surface area contributed by atoms with Crippen molar-refractivity contribution in [2.75, 3.05) is 10.7 Å².